The number of amides is 2. The van der Waals surface area contributed by atoms with E-state index in [0.717, 1.165) is 12.8 Å². The first-order valence-electron chi connectivity index (χ1n) is 14.6. The summed E-state index contributed by atoms with van der Waals surface area (Å²) in [7, 11) is 1.43. The molecule has 0 spiro atoms. The smallest absolute Gasteiger partial charge is 0.410 e. The maximum Gasteiger partial charge on any atom is 0.410 e. The fraction of sp³-hybridized carbons (Fsp3) is 0.759. The number of likely N-dealkylation sites (tertiary alicyclic amines) is 1. The van der Waals surface area contributed by atoms with Crippen LogP contribution in [-0.4, -0.2) is 66.4 Å². The number of rotatable bonds is 6. The molecular formula is C29H42F4N4O4. The number of ether oxygens (including phenoxy) is 2. The Balaban J connectivity index is 1.33. The number of nitrogens with one attached hydrogen (secondary N) is 1. The fourth-order valence-electron chi connectivity index (χ4n) is 6.40. The van der Waals surface area contributed by atoms with Crippen molar-refractivity contribution in [1.29, 1.82) is 0 Å². The number of nitrogens with zero attached hydrogens (tertiary/aromatic N) is 3. The van der Waals surface area contributed by atoms with Crippen LogP contribution in [0.2, 0.25) is 0 Å². The molecule has 1 aliphatic carbocycles. The molecule has 2 saturated heterocycles. The first kappa shape index (κ1) is 31.2. The number of carbonyl (C=O) groups is 2. The average Bonchev–Trinajstić information content (AvgIpc) is 3.41. The van der Waals surface area contributed by atoms with Crippen LogP contribution in [0.25, 0.3) is 0 Å². The van der Waals surface area contributed by atoms with E-state index in [1.165, 1.54) is 18.1 Å². The van der Waals surface area contributed by atoms with Crippen molar-refractivity contribution in [2.75, 3.05) is 31.6 Å². The van der Waals surface area contributed by atoms with Gasteiger partial charge in [-0.15, -0.1) is 0 Å². The van der Waals surface area contributed by atoms with E-state index >= 15 is 4.39 Å². The molecule has 2 amide bonds. The molecule has 0 aromatic carbocycles. The van der Waals surface area contributed by atoms with Crippen molar-refractivity contribution in [2.24, 2.45) is 17.8 Å². The Morgan fingerprint density at radius 1 is 1.00 bits per heavy atom. The van der Waals surface area contributed by atoms with Crippen molar-refractivity contribution in [2.45, 2.75) is 96.5 Å². The molecule has 1 aromatic rings. The normalized spacial score (nSPS) is 24.3. The van der Waals surface area contributed by atoms with E-state index in [1.54, 1.807) is 20.8 Å². The molecule has 3 aliphatic rings. The molecule has 0 unspecified atom stereocenters. The average molecular weight is 587 g/mol. The van der Waals surface area contributed by atoms with Gasteiger partial charge in [-0.3, -0.25) is 9.69 Å². The number of alkyl halides is 3. The number of carbonyl (C=O) groups excluding carboxylic acids is 2. The summed E-state index contributed by atoms with van der Waals surface area (Å²) < 4.78 is 65.2. The van der Waals surface area contributed by atoms with Gasteiger partial charge in [0.05, 0.1) is 13.0 Å². The lowest BCUT2D eigenvalue weighted by Gasteiger charge is -2.39. The molecule has 8 nitrogen and oxygen atoms in total. The van der Waals surface area contributed by atoms with Crippen LogP contribution in [0, 0.1) is 23.6 Å². The number of aromatic nitrogens is 1. The molecule has 230 valence electrons. The van der Waals surface area contributed by atoms with Crippen LogP contribution in [0.1, 0.15) is 77.7 Å². The Labute approximate surface area is 239 Å². The predicted molar refractivity (Wildman–Crippen MR) is 145 cm³/mol. The summed E-state index contributed by atoms with van der Waals surface area (Å²) in [6.07, 6.45) is -0.344. The van der Waals surface area contributed by atoms with E-state index in [9.17, 15) is 22.8 Å². The number of methoxy groups -OCH3 is 1. The van der Waals surface area contributed by atoms with Crippen molar-refractivity contribution in [3.8, 4) is 5.88 Å². The zero-order valence-corrected chi connectivity index (χ0v) is 24.4. The van der Waals surface area contributed by atoms with Crippen molar-refractivity contribution in [3.63, 3.8) is 0 Å². The Morgan fingerprint density at radius 2 is 1.63 bits per heavy atom. The van der Waals surface area contributed by atoms with Gasteiger partial charge in [-0.2, -0.15) is 18.2 Å². The third-order valence-corrected chi connectivity index (χ3v) is 8.57. The number of pyridine rings is 1. The van der Waals surface area contributed by atoms with Gasteiger partial charge in [-0.1, -0.05) is 0 Å². The molecule has 3 heterocycles. The van der Waals surface area contributed by atoms with Crippen molar-refractivity contribution in [3.05, 3.63) is 17.4 Å². The van der Waals surface area contributed by atoms with E-state index < -0.39 is 35.6 Å². The van der Waals surface area contributed by atoms with Crippen LogP contribution >= 0.6 is 0 Å². The zero-order chi connectivity index (χ0) is 29.9. The molecule has 1 atom stereocenters. The minimum absolute atomic E-state index is 0.0203. The summed E-state index contributed by atoms with van der Waals surface area (Å²) in [6, 6.07) is 0.643. The van der Waals surface area contributed by atoms with E-state index in [1.807, 2.05) is 4.90 Å². The van der Waals surface area contributed by atoms with Gasteiger partial charge in [-0.25, -0.2) is 9.18 Å². The van der Waals surface area contributed by atoms with Gasteiger partial charge in [0, 0.05) is 31.7 Å². The van der Waals surface area contributed by atoms with E-state index in [0.29, 0.717) is 56.8 Å². The zero-order valence-electron chi connectivity index (χ0n) is 24.4. The number of hydrogen-bond acceptors (Lipinski definition) is 6. The molecule has 41 heavy (non-hydrogen) atoms. The molecule has 2 aliphatic heterocycles. The lowest BCUT2D eigenvalue weighted by atomic mass is 9.72. The molecule has 1 N–H and O–H groups in total. The highest BCUT2D eigenvalue weighted by atomic mass is 19.4. The monoisotopic (exact) mass is 586 g/mol. The standard InChI is InChI=1S/C29H42F4N4O4/c1-28(2,3)41-27(39)37-13-5-6-23(37)25(38)34-17-20-16-22(30)24(35-26(20)40-4)36-14-11-19(12-15-36)18-7-9-21(10-8-18)29(31,32)33/h16,18-19,21,23H,5-15,17H2,1-4H3,(H,34,38)/t18?,21?,23-/m0/s1. The van der Waals surface area contributed by atoms with Crippen LogP contribution < -0.4 is 15.0 Å². The van der Waals surface area contributed by atoms with Gasteiger partial charge in [0.2, 0.25) is 11.8 Å². The first-order chi connectivity index (χ1) is 19.3. The molecule has 3 fully saturated rings. The van der Waals surface area contributed by atoms with Gasteiger partial charge in [0.1, 0.15) is 11.6 Å². The minimum Gasteiger partial charge on any atom is -0.481 e. The third kappa shape index (κ3) is 7.74. The minimum atomic E-state index is -4.11. The van der Waals surface area contributed by atoms with Crippen LogP contribution in [-0.2, 0) is 16.1 Å². The van der Waals surface area contributed by atoms with Gasteiger partial charge < -0.3 is 19.7 Å². The highest BCUT2D eigenvalue weighted by Crippen LogP contribution is 2.44. The van der Waals surface area contributed by atoms with Crippen molar-refractivity contribution >= 4 is 17.8 Å². The van der Waals surface area contributed by atoms with E-state index in [4.69, 9.17) is 9.47 Å². The molecule has 0 radical (unpaired) electrons. The second-order valence-electron chi connectivity index (χ2n) is 12.5. The molecule has 1 saturated carbocycles. The van der Waals surface area contributed by atoms with E-state index in [2.05, 4.69) is 10.3 Å². The summed E-state index contributed by atoms with van der Waals surface area (Å²) in [5.74, 6) is -1.10. The Kier molecular flexibility index (Phi) is 9.58. The highest BCUT2D eigenvalue weighted by Gasteiger charge is 2.43. The second-order valence-corrected chi connectivity index (χ2v) is 12.5. The van der Waals surface area contributed by atoms with E-state index in [-0.39, 0.29) is 42.9 Å². The topological polar surface area (TPSA) is 84.0 Å². The highest BCUT2D eigenvalue weighted by molar-refractivity contribution is 5.86. The number of piperidine rings is 1. The summed E-state index contributed by atoms with van der Waals surface area (Å²) in [6.45, 7) is 6.83. The molecule has 12 heteroatoms. The first-order valence-corrected chi connectivity index (χ1v) is 14.6. The number of halogens is 4. The largest absolute Gasteiger partial charge is 0.481 e. The van der Waals surface area contributed by atoms with Crippen molar-refractivity contribution in [1.82, 2.24) is 15.2 Å². The lowest BCUT2D eigenvalue weighted by molar-refractivity contribution is -0.185. The molecule has 4 rings (SSSR count). The summed E-state index contributed by atoms with van der Waals surface area (Å²) >= 11 is 0. The second kappa shape index (κ2) is 12.6. The Morgan fingerprint density at radius 3 is 2.22 bits per heavy atom. The summed E-state index contributed by atoms with van der Waals surface area (Å²) in [5.41, 5.74) is -0.301. The van der Waals surface area contributed by atoms with Crippen LogP contribution in [0.5, 0.6) is 5.88 Å². The molecule has 0 bridgehead atoms. The molecule has 1 aromatic heterocycles. The lowest BCUT2D eigenvalue weighted by Crippen LogP contribution is -2.47. The Bertz CT molecular complexity index is 1080. The van der Waals surface area contributed by atoms with Crippen LogP contribution in [0.3, 0.4) is 0 Å². The Hall–Kier alpha value is -2.79. The summed E-state index contributed by atoms with van der Waals surface area (Å²) in [4.78, 5) is 33.2. The van der Waals surface area contributed by atoms with Gasteiger partial charge >= 0.3 is 12.3 Å². The number of anilines is 1. The van der Waals surface area contributed by atoms with Crippen LogP contribution in [0.15, 0.2) is 6.07 Å². The van der Waals surface area contributed by atoms with Gasteiger partial charge in [0.25, 0.3) is 0 Å². The third-order valence-electron chi connectivity index (χ3n) is 8.57. The van der Waals surface area contributed by atoms with Gasteiger partial charge in [-0.05, 0) is 90.0 Å². The van der Waals surface area contributed by atoms with Gasteiger partial charge in [0.15, 0.2) is 11.6 Å². The fourth-order valence-corrected chi connectivity index (χ4v) is 6.40. The maximum absolute atomic E-state index is 15.3. The number of hydrogen-bond donors (Lipinski definition) is 1. The molecular weight excluding hydrogens is 544 g/mol. The maximum atomic E-state index is 15.3. The SMILES string of the molecule is COc1nc(N2CCC(C3CCC(C(F)(F)F)CC3)CC2)c(F)cc1CNC(=O)[C@@H]1CCCN1C(=O)OC(C)(C)C. The summed E-state index contributed by atoms with van der Waals surface area (Å²) in [5, 5.41) is 2.78. The predicted octanol–water partition coefficient (Wildman–Crippen LogP) is 5.83. The van der Waals surface area contributed by atoms with Crippen molar-refractivity contribution < 1.29 is 36.6 Å². The quantitative estimate of drug-likeness (QED) is 0.423. The van der Waals surface area contributed by atoms with Crippen LogP contribution in [0.4, 0.5) is 28.2 Å².